The lowest BCUT2D eigenvalue weighted by Gasteiger charge is -2.13. The fourth-order valence-corrected chi connectivity index (χ4v) is 2.99. The molecule has 2 aromatic carbocycles. The van der Waals surface area contributed by atoms with E-state index in [4.69, 9.17) is 37.9 Å². The molecule has 6 nitrogen and oxygen atoms in total. The minimum atomic E-state index is -0.315. The van der Waals surface area contributed by atoms with E-state index in [9.17, 15) is 4.79 Å². The van der Waals surface area contributed by atoms with Crippen LogP contribution in [0.15, 0.2) is 47.1 Å². The van der Waals surface area contributed by atoms with E-state index in [0.29, 0.717) is 44.1 Å². The predicted octanol–water partition coefficient (Wildman–Crippen LogP) is 4.71. The summed E-state index contributed by atoms with van der Waals surface area (Å²) in [6.07, 6.45) is 1.66. The first-order valence-electron chi connectivity index (χ1n) is 8.19. The molecule has 0 saturated heterocycles. The van der Waals surface area contributed by atoms with Gasteiger partial charge < -0.3 is 9.47 Å². The van der Waals surface area contributed by atoms with Crippen molar-refractivity contribution in [2.75, 3.05) is 18.7 Å². The number of rotatable bonds is 5. The topological polar surface area (TPSA) is 74.9 Å². The van der Waals surface area contributed by atoms with Gasteiger partial charge in [0.2, 0.25) is 0 Å². The van der Waals surface area contributed by atoms with Gasteiger partial charge in [0, 0.05) is 5.56 Å². The monoisotopic (exact) mass is 415 g/mol. The number of ether oxygens (including phenoxy) is 2. The van der Waals surface area contributed by atoms with Crippen LogP contribution in [0.25, 0.3) is 6.08 Å². The molecule has 1 heterocycles. The number of hydrogen-bond acceptors (Lipinski definition) is 5. The molecule has 0 aliphatic carbocycles. The molecule has 8 heteroatoms. The lowest BCUT2D eigenvalue weighted by atomic mass is 10.1. The second kappa shape index (κ2) is 8.34. The smallest absolute Gasteiger partial charge is 0.280 e. The van der Waals surface area contributed by atoms with Gasteiger partial charge in [-0.2, -0.15) is 15.4 Å². The minimum Gasteiger partial charge on any atom is -0.493 e. The van der Waals surface area contributed by atoms with Crippen molar-refractivity contribution in [3.05, 3.63) is 57.6 Å². The molecule has 142 valence electrons. The number of carbonyl (C=O) groups excluding carboxylic acids is 1. The third-order valence-electron chi connectivity index (χ3n) is 4.02. The normalized spacial score (nSPS) is 14.8. The van der Waals surface area contributed by atoms with Crippen LogP contribution in [0, 0.1) is 11.3 Å². The average molecular weight is 416 g/mol. The number of amides is 1. The number of anilines is 1. The average Bonchev–Trinajstić information content (AvgIpc) is 2.97. The fourth-order valence-electron chi connectivity index (χ4n) is 2.70. The quantitative estimate of drug-likeness (QED) is 0.662. The SMILES string of the molecule is COc1cccc(C=C2C(=O)N(c3ccc(Cl)c(Cl)c3)N=C2C)c1OCC#N. The van der Waals surface area contributed by atoms with E-state index in [1.807, 2.05) is 6.07 Å². The van der Waals surface area contributed by atoms with Crippen LogP contribution in [0.3, 0.4) is 0 Å². The Bertz CT molecular complexity index is 1040. The van der Waals surface area contributed by atoms with Crippen LogP contribution in [0.4, 0.5) is 5.69 Å². The maximum atomic E-state index is 12.9. The van der Waals surface area contributed by atoms with Crippen LogP contribution in [0.5, 0.6) is 11.5 Å². The Morgan fingerprint density at radius 2 is 2.04 bits per heavy atom. The van der Waals surface area contributed by atoms with E-state index in [1.54, 1.807) is 49.4 Å². The van der Waals surface area contributed by atoms with E-state index >= 15 is 0 Å². The van der Waals surface area contributed by atoms with Gasteiger partial charge in [0.15, 0.2) is 18.1 Å². The Labute approximate surface area is 172 Å². The number of halogens is 2. The number of hydrazone groups is 1. The summed E-state index contributed by atoms with van der Waals surface area (Å²) in [7, 11) is 1.50. The molecule has 2 aromatic rings. The van der Waals surface area contributed by atoms with E-state index in [2.05, 4.69) is 5.10 Å². The largest absolute Gasteiger partial charge is 0.493 e. The third kappa shape index (κ3) is 3.81. The van der Waals surface area contributed by atoms with Gasteiger partial charge in [-0.3, -0.25) is 4.79 Å². The Balaban J connectivity index is 2.00. The molecular formula is C20H15Cl2N3O3. The highest BCUT2D eigenvalue weighted by Crippen LogP contribution is 2.35. The van der Waals surface area contributed by atoms with E-state index in [-0.39, 0.29) is 12.5 Å². The predicted molar refractivity (Wildman–Crippen MR) is 109 cm³/mol. The molecule has 0 aromatic heterocycles. The van der Waals surface area contributed by atoms with Gasteiger partial charge in [0.1, 0.15) is 6.07 Å². The van der Waals surface area contributed by atoms with Crippen molar-refractivity contribution in [1.29, 1.82) is 5.26 Å². The lowest BCUT2D eigenvalue weighted by molar-refractivity contribution is -0.114. The second-order valence-electron chi connectivity index (χ2n) is 5.78. The van der Waals surface area contributed by atoms with E-state index in [1.165, 1.54) is 12.1 Å². The van der Waals surface area contributed by atoms with Crippen LogP contribution in [0.2, 0.25) is 10.0 Å². The maximum Gasteiger partial charge on any atom is 0.280 e. The first-order valence-corrected chi connectivity index (χ1v) is 8.95. The van der Waals surface area contributed by atoms with Crippen LogP contribution in [0.1, 0.15) is 12.5 Å². The summed E-state index contributed by atoms with van der Waals surface area (Å²) in [5.74, 6) is 0.531. The number of carbonyl (C=O) groups is 1. The van der Waals surface area contributed by atoms with Crippen molar-refractivity contribution in [3.8, 4) is 17.6 Å². The van der Waals surface area contributed by atoms with E-state index in [0.717, 1.165) is 0 Å². The molecular weight excluding hydrogens is 401 g/mol. The number of nitrogens with zero attached hydrogens (tertiary/aromatic N) is 3. The third-order valence-corrected chi connectivity index (χ3v) is 4.76. The maximum absolute atomic E-state index is 12.9. The summed E-state index contributed by atoms with van der Waals surface area (Å²) in [6, 6.07) is 12.0. The number of benzene rings is 2. The van der Waals surface area contributed by atoms with Crippen LogP contribution in [-0.2, 0) is 4.79 Å². The van der Waals surface area contributed by atoms with Gasteiger partial charge in [-0.25, -0.2) is 0 Å². The Kier molecular flexibility index (Phi) is 5.88. The number of hydrogen-bond donors (Lipinski definition) is 0. The highest BCUT2D eigenvalue weighted by molar-refractivity contribution is 6.42. The zero-order chi connectivity index (χ0) is 20.3. The highest BCUT2D eigenvalue weighted by atomic mass is 35.5. The first kappa shape index (κ1) is 19.7. The van der Waals surface area contributed by atoms with Crippen molar-refractivity contribution in [2.24, 2.45) is 5.10 Å². The van der Waals surface area contributed by atoms with E-state index < -0.39 is 0 Å². The fraction of sp³-hybridized carbons (Fsp3) is 0.150. The van der Waals surface area contributed by atoms with Crippen LogP contribution in [-0.4, -0.2) is 25.3 Å². The van der Waals surface area contributed by atoms with Gasteiger partial charge in [-0.1, -0.05) is 35.3 Å². The molecule has 28 heavy (non-hydrogen) atoms. The zero-order valence-corrected chi connectivity index (χ0v) is 16.6. The molecule has 0 saturated carbocycles. The Morgan fingerprint density at radius 1 is 1.25 bits per heavy atom. The molecule has 0 atom stereocenters. The summed E-state index contributed by atoms with van der Waals surface area (Å²) in [6.45, 7) is 1.59. The van der Waals surface area contributed by atoms with Crippen LogP contribution < -0.4 is 14.5 Å². The summed E-state index contributed by atoms with van der Waals surface area (Å²) in [5, 5.41) is 15.1. The standard InChI is InChI=1S/C20H15Cl2N3O3/c1-12-15(10-13-4-3-5-18(27-2)19(13)28-9-8-23)20(26)25(24-12)14-6-7-16(21)17(22)11-14/h3-7,10-11H,9H2,1-2H3. The Hall–Kier alpha value is -3.01. The highest BCUT2D eigenvalue weighted by Gasteiger charge is 2.29. The van der Waals surface area contributed by atoms with Crippen molar-refractivity contribution in [3.63, 3.8) is 0 Å². The number of para-hydroxylation sites is 1. The molecule has 0 N–H and O–H groups in total. The van der Waals surface area contributed by atoms with Gasteiger partial charge in [-0.05, 0) is 37.3 Å². The van der Waals surface area contributed by atoms with Gasteiger partial charge >= 0.3 is 0 Å². The number of methoxy groups -OCH3 is 1. The number of nitriles is 1. The summed E-state index contributed by atoms with van der Waals surface area (Å²) >= 11 is 12.0. The molecule has 0 spiro atoms. The first-order chi connectivity index (χ1) is 13.5. The van der Waals surface area contributed by atoms with Gasteiger partial charge in [0.25, 0.3) is 5.91 Å². The molecule has 0 fully saturated rings. The second-order valence-corrected chi connectivity index (χ2v) is 6.60. The van der Waals surface area contributed by atoms with Crippen molar-refractivity contribution in [1.82, 2.24) is 0 Å². The molecule has 1 amide bonds. The molecule has 0 bridgehead atoms. The van der Waals surface area contributed by atoms with Crippen molar-refractivity contribution < 1.29 is 14.3 Å². The summed E-state index contributed by atoms with van der Waals surface area (Å²) in [4.78, 5) is 12.9. The lowest BCUT2D eigenvalue weighted by Crippen LogP contribution is -2.21. The van der Waals surface area contributed by atoms with Crippen molar-refractivity contribution >= 4 is 46.6 Å². The van der Waals surface area contributed by atoms with Gasteiger partial charge in [-0.15, -0.1) is 0 Å². The van der Waals surface area contributed by atoms with Crippen LogP contribution >= 0.6 is 23.2 Å². The molecule has 0 radical (unpaired) electrons. The molecule has 1 aliphatic rings. The van der Waals surface area contributed by atoms with Gasteiger partial charge in [0.05, 0.1) is 34.1 Å². The minimum absolute atomic E-state index is 0.146. The van der Waals surface area contributed by atoms with Crippen molar-refractivity contribution in [2.45, 2.75) is 6.92 Å². The Morgan fingerprint density at radius 3 is 2.71 bits per heavy atom. The molecule has 3 rings (SSSR count). The molecule has 0 unspecified atom stereocenters. The summed E-state index contributed by atoms with van der Waals surface area (Å²) in [5.41, 5.74) is 2.03. The summed E-state index contributed by atoms with van der Waals surface area (Å²) < 4.78 is 10.8. The molecule has 1 aliphatic heterocycles. The zero-order valence-electron chi connectivity index (χ0n) is 15.1.